The zero-order valence-corrected chi connectivity index (χ0v) is 15.1. The first-order valence-corrected chi connectivity index (χ1v) is 10.3. The van der Waals surface area contributed by atoms with E-state index in [1.165, 1.54) is 4.31 Å². The molecule has 2 aliphatic heterocycles. The summed E-state index contributed by atoms with van der Waals surface area (Å²) in [5.41, 5.74) is 2.19. The van der Waals surface area contributed by atoms with Gasteiger partial charge in [-0.05, 0) is 49.2 Å². The Morgan fingerprint density at radius 1 is 1.08 bits per heavy atom. The highest BCUT2D eigenvalue weighted by molar-refractivity contribution is 7.93. The number of nitrogens with zero attached hydrogens (tertiary/aromatic N) is 2. The number of hydrogen-bond donors (Lipinski definition) is 0. The van der Waals surface area contributed by atoms with Gasteiger partial charge in [0, 0.05) is 30.8 Å². The van der Waals surface area contributed by atoms with Crippen LogP contribution in [-0.2, 0) is 10.0 Å². The summed E-state index contributed by atoms with van der Waals surface area (Å²) in [6.07, 6.45) is 5.15. The second-order valence-electron chi connectivity index (χ2n) is 6.51. The van der Waals surface area contributed by atoms with Crippen LogP contribution in [0.2, 0.25) is 0 Å². The second kappa shape index (κ2) is 6.64. The summed E-state index contributed by atoms with van der Waals surface area (Å²) >= 11 is 0. The second-order valence-corrected chi connectivity index (χ2v) is 8.52. The Morgan fingerprint density at radius 2 is 1.88 bits per heavy atom. The summed E-state index contributed by atoms with van der Waals surface area (Å²) in [5, 5.41) is 0. The Balaban J connectivity index is 1.49. The third-order valence-corrected chi connectivity index (χ3v) is 6.65. The van der Waals surface area contributed by atoms with Crippen molar-refractivity contribution in [1.82, 2.24) is 4.90 Å². The molecule has 1 aromatic heterocycles. The number of carbonyl (C=O) groups excluding carboxylic acids is 1. The molecule has 0 unspecified atom stereocenters. The molecule has 2 aliphatic rings. The monoisotopic (exact) mass is 372 g/mol. The van der Waals surface area contributed by atoms with E-state index in [4.69, 9.17) is 4.42 Å². The van der Waals surface area contributed by atoms with Crippen molar-refractivity contribution in [3.8, 4) is 0 Å². The van der Waals surface area contributed by atoms with E-state index in [-0.39, 0.29) is 11.7 Å². The minimum atomic E-state index is -3.21. The number of anilines is 1. The number of benzene rings is 1. The van der Waals surface area contributed by atoms with Crippen molar-refractivity contribution >= 4 is 27.2 Å². The van der Waals surface area contributed by atoms with Gasteiger partial charge < -0.3 is 9.32 Å². The molecule has 6 nitrogen and oxygen atoms in total. The van der Waals surface area contributed by atoms with Crippen molar-refractivity contribution in [3.63, 3.8) is 0 Å². The molecule has 26 heavy (non-hydrogen) atoms. The highest BCUT2D eigenvalue weighted by Crippen LogP contribution is 2.26. The predicted octanol–water partition coefficient (Wildman–Crippen LogP) is 2.75. The van der Waals surface area contributed by atoms with E-state index in [1.807, 2.05) is 12.1 Å². The Hall–Kier alpha value is -2.54. The average molecular weight is 372 g/mol. The number of amides is 1. The topological polar surface area (TPSA) is 70.8 Å². The first-order valence-electron chi connectivity index (χ1n) is 8.67. The third-order valence-electron chi connectivity index (χ3n) is 4.78. The Morgan fingerprint density at radius 3 is 2.54 bits per heavy atom. The summed E-state index contributed by atoms with van der Waals surface area (Å²) in [5.74, 6) is 0.915. The van der Waals surface area contributed by atoms with E-state index in [0.29, 0.717) is 37.3 Å². The van der Waals surface area contributed by atoms with E-state index in [1.54, 1.807) is 35.4 Å². The lowest BCUT2D eigenvalue weighted by atomic mass is 10.1. The lowest BCUT2D eigenvalue weighted by Crippen LogP contribution is -2.35. The normalized spacial score (nSPS) is 19.5. The molecule has 0 radical (unpaired) electrons. The van der Waals surface area contributed by atoms with Crippen molar-refractivity contribution in [3.05, 3.63) is 60.1 Å². The van der Waals surface area contributed by atoms with Crippen molar-refractivity contribution < 1.29 is 17.6 Å². The quantitative estimate of drug-likeness (QED) is 0.831. The fourth-order valence-corrected chi connectivity index (χ4v) is 5.00. The number of hydrogen-bond acceptors (Lipinski definition) is 4. The van der Waals surface area contributed by atoms with Gasteiger partial charge in [0.05, 0.1) is 17.7 Å². The van der Waals surface area contributed by atoms with Crippen LogP contribution in [0, 0.1) is 0 Å². The van der Waals surface area contributed by atoms with Crippen LogP contribution in [0.5, 0.6) is 0 Å². The highest BCUT2D eigenvalue weighted by Gasteiger charge is 2.28. The molecule has 1 amide bonds. The molecule has 1 aromatic carbocycles. The van der Waals surface area contributed by atoms with Gasteiger partial charge in [-0.2, -0.15) is 0 Å². The zero-order valence-electron chi connectivity index (χ0n) is 14.3. The third kappa shape index (κ3) is 3.14. The largest absolute Gasteiger partial charge is 0.465 e. The van der Waals surface area contributed by atoms with Crippen LogP contribution >= 0.6 is 0 Å². The van der Waals surface area contributed by atoms with Gasteiger partial charge in [-0.15, -0.1) is 0 Å². The van der Waals surface area contributed by atoms with E-state index >= 15 is 0 Å². The first-order chi connectivity index (χ1) is 12.5. The maximum absolute atomic E-state index is 12.8. The van der Waals surface area contributed by atoms with Crippen LogP contribution in [0.1, 0.15) is 29.0 Å². The summed E-state index contributed by atoms with van der Waals surface area (Å²) < 4.78 is 30.9. The smallest absolute Gasteiger partial charge is 0.254 e. The first kappa shape index (κ1) is 16.9. The molecule has 1 saturated heterocycles. The summed E-state index contributed by atoms with van der Waals surface area (Å²) in [6, 6.07) is 10.6. The highest BCUT2D eigenvalue weighted by atomic mass is 32.2. The summed E-state index contributed by atoms with van der Waals surface area (Å²) in [4.78, 5) is 14.6. The van der Waals surface area contributed by atoms with Crippen LogP contribution in [0.25, 0.3) is 5.57 Å². The van der Waals surface area contributed by atoms with E-state index in [2.05, 4.69) is 6.08 Å². The molecule has 0 aliphatic carbocycles. The van der Waals surface area contributed by atoms with Crippen molar-refractivity contribution in [2.24, 2.45) is 0 Å². The molecule has 0 spiro atoms. The maximum atomic E-state index is 12.8. The fraction of sp³-hybridized carbons (Fsp3) is 0.316. The SMILES string of the molecule is O=C(c1ccc(N2CCCS2(=O)=O)cc1)N1CCC=C(c2ccco2)C1. The van der Waals surface area contributed by atoms with E-state index in [0.717, 1.165) is 17.8 Å². The van der Waals surface area contributed by atoms with Gasteiger partial charge in [0.2, 0.25) is 10.0 Å². The van der Waals surface area contributed by atoms with E-state index in [9.17, 15) is 13.2 Å². The molecule has 0 N–H and O–H groups in total. The Labute approximate surface area is 152 Å². The van der Waals surface area contributed by atoms with Crippen LogP contribution < -0.4 is 4.31 Å². The van der Waals surface area contributed by atoms with Crippen LogP contribution in [0.15, 0.2) is 53.2 Å². The van der Waals surface area contributed by atoms with Gasteiger partial charge in [-0.25, -0.2) is 8.42 Å². The van der Waals surface area contributed by atoms with Crippen LogP contribution in [0.4, 0.5) is 5.69 Å². The number of rotatable bonds is 3. The zero-order chi connectivity index (χ0) is 18.1. The number of furan rings is 1. The van der Waals surface area contributed by atoms with Crippen LogP contribution in [-0.4, -0.2) is 44.6 Å². The van der Waals surface area contributed by atoms with Crippen molar-refractivity contribution in [2.75, 3.05) is 29.7 Å². The number of sulfonamides is 1. The summed E-state index contributed by atoms with van der Waals surface area (Å²) in [7, 11) is -3.21. The van der Waals surface area contributed by atoms with Gasteiger partial charge in [0.1, 0.15) is 5.76 Å². The molecule has 136 valence electrons. The molecular formula is C19H20N2O4S. The Bertz CT molecular complexity index is 930. The number of carbonyl (C=O) groups is 1. The summed E-state index contributed by atoms with van der Waals surface area (Å²) in [6.45, 7) is 1.67. The average Bonchev–Trinajstić information content (AvgIpc) is 3.31. The van der Waals surface area contributed by atoms with Gasteiger partial charge in [0.15, 0.2) is 0 Å². The molecule has 3 heterocycles. The van der Waals surface area contributed by atoms with Crippen molar-refractivity contribution in [2.45, 2.75) is 12.8 Å². The molecule has 4 rings (SSSR count). The van der Waals surface area contributed by atoms with Gasteiger partial charge in [-0.3, -0.25) is 9.10 Å². The molecule has 0 bridgehead atoms. The minimum Gasteiger partial charge on any atom is -0.465 e. The fourth-order valence-electron chi connectivity index (χ4n) is 3.44. The van der Waals surface area contributed by atoms with Crippen LogP contribution in [0.3, 0.4) is 0 Å². The minimum absolute atomic E-state index is 0.0574. The van der Waals surface area contributed by atoms with Gasteiger partial charge in [-0.1, -0.05) is 6.08 Å². The molecule has 7 heteroatoms. The lowest BCUT2D eigenvalue weighted by molar-refractivity contribution is 0.0774. The lowest BCUT2D eigenvalue weighted by Gasteiger charge is -2.27. The standard InChI is InChI=1S/C19H20N2O4S/c22-19(20-10-1-4-16(14-20)18-5-2-12-25-18)15-6-8-17(9-7-15)21-11-3-13-26(21,23)24/h2,4-9,12H,1,3,10-11,13-14H2. The van der Waals surface area contributed by atoms with Gasteiger partial charge in [0.25, 0.3) is 5.91 Å². The molecule has 2 aromatic rings. The molecule has 0 saturated carbocycles. The predicted molar refractivity (Wildman–Crippen MR) is 99.4 cm³/mol. The molecule has 0 atom stereocenters. The molecular weight excluding hydrogens is 352 g/mol. The maximum Gasteiger partial charge on any atom is 0.254 e. The van der Waals surface area contributed by atoms with Crippen molar-refractivity contribution in [1.29, 1.82) is 0 Å². The van der Waals surface area contributed by atoms with Gasteiger partial charge >= 0.3 is 0 Å². The van der Waals surface area contributed by atoms with E-state index < -0.39 is 10.0 Å². The Kier molecular flexibility index (Phi) is 4.32. The molecule has 1 fully saturated rings.